The normalized spacial score (nSPS) is 11.5. The molecule has 0 unspecified atom stereocenters. The van der Waals surface area contributed by atoms with Gasteiger partial charge in [-0.15, -0.1) is 0 Å². The van der Waals surface area contributed by atoms with E-state index < -0.39 is 0 Å². The van der Waals surface area contributed by atoms with Crippen LogP contribution < -0.4 is 0 Å². The third kappa shape index (κ3) is 12.0. The van der Waals surface area contributed by atoms with Gasteiger partial charge >= 0.3 is 0 Å². The van der Waals surface area contributed by atoms with Gasteiger partial charge in [0.15, 0.2) is 0 Å². The van der Waals surface area contributed by atoms with Gasteiger partial charge in [0.1, 0.15) is 0 Å². The number of benzene rings is 2. The van der Waals surface area contributed by atoms with Gasteiger partial charge in [0.25, 0.3) is 0 Å². The maximum absolute atomic E-state index is 9.20. The number of aliphatic hydroxyl groups excluding tert-OH is 2. The predicted molar refractivity (Wildman–Crippen MR) is 130 cm³/mol. The molecule has 4 nitrogen and oxygen atoms in total. The molecule has 2 rings (SSSR count). The van der Waals surface area contributed by atoms with E-state index in [-0.39, 0.29) is 13.2 Å². The highest BCUT2D eigenvalue weighted by Gasteiger charge is 2.07. The summed E-state index contributed by atoms with van der Waals surface area (Å²) >= 11 is 0. The fourth-order valence-electron chi connectivity index (χ4n) is 4.01. The minimum absolute atomic E-state index is 0.265. The van der Waals surface area contributed by atoms with Crippen molar-refractivity contribution in [1.29, 1.82) is 0 Å². The Morgan fingerprint density at radius 1 is 0.452 bits per heavy atom. The molecule has 0 aliphatic carbocycles. The second-order valence-electron chi connectivity index (χ2n) is 8.45. The molecular weight excluding hydrogens is 384 g/mol. The van der Waals surface area contributed by atoms with Gasteiger partial charge in [-0.05, 0) is 49.9 Å². The van der Waals surface area contributed by atoms with Crippen LogP contribution in [0, 0.1) is 0 Å². The van der Waals surface area contributed by atoms with Crippen molar-refractivity contribution in [1.82, 2.24) is 9.80 Å². The third-order valence-electron chi connectivity index (χ3n) is 5.71. The molecule has 0 heterocycles. The molecule has 172 valence electrons. The average Bonchev–Trinajstić information content (AvgIpc) is 2.81. The van der Waals surface area contributed by atoms with E-state index in [2.05, 4.69) is 70.5 Å². The first-order valence-electron chi connectivity index (χ1n) is 12.1. The summed E-state index contributed by atoms with van der Waals surface area (Å²) in [7, 11) is 0. The van der Waals surface area contributed by atoms with Crippen LogP contribution in [0.2, 0.25) is 0 Å². The molecular formula is C27H42N2O2. The van der Waals surface area contributed by atoms with E-state index >= 15 is 0 Å². The molecule has 0 saturated heterocycles. The van der Waals surface area contributed by atoms with Gasteiger partial charge in [0.2, 0.25) is 0 Å². The molecule has 0 amide bonds. The molecule has 0 radical (unpaired) electrons. The van der Waals surface area contributed by atoms with Gasteiger partial charge in [0.05, 0.1) is 0 Å². The summed E-state index contributed by atoms with van der Waals surface area (Å²) in [6, 6.07) is 21.3. The van der Waals surface area contributed by atoms with Crippen LogP contribution in [0.25, 0.3) is 0 Å². The quantitative estimate of drug-likeness (QED) is 0.339. The molecule has 0 aliphatic heterocycles. The summed E-state index contributed by atoms with van der Waals surface area (Å²) in [4.78, 5) is 4.95. The Hall–Kier alpha value is -1.72. The molecule has 0 saturated carbocycles. The number of hydrogen-bond donors (Lipinski definition) is 2. The van der Waals surface area contributed by atoms with Crippen LogP contribution in [0.1, 0.15) is 56.1 Å². The molecule has 2 aromatic carbocycles. The second kappa shape index (κ2) is 16.9. The molecule has 0 spiro atoms. The highest BCUT2D eigenvalue weighted by Crippen LogP contribution is 2.11. The van der Waals surface area contributed by atoms with E-state index in [4.69, 9.17) is 0 Å². The Kier molecular flexibility index (Phi) is 13.9. The Labute approximate surface area is 189 Å². The molecule has 0 aliphatic rings. The van der Waals surface area contributed by atoms with Gasteiger partial charge in [-0.2, -0.15) is 0 Å². The van der Waals surface area contributed by atoms with Crippen molar-refractivity contribution in [3.63, 3.8) is 0 Å². The molecule has 0 bridgehead atoms. The summed E-state index contributed by atoms with van der Waals surface area (Å²) in [5.41, 5.74) is 2.70. The summed E-state index contributed by atoms with van der Waals surface area (Å²) in [5.74, 6) is 0. The van der Waals surface area contributed by atoms with Gasteiger partial charge in [-0.25, -0.2) is 0 Å². The lowest BCUT2D eigenvalue weighted by Gasteiger charge is -2.23. The second-order valence-corrected chi connectivity index (χ2v) is 8.45. The maximum atomic E-state index is 9.20. The van der Waals surface area contributed by atoms with E-state index in [9.17, 15) is 10.2 Å². The smallest absolute Gasteiger partial charge is 0.0443 e. The highest BCUT2D eigenvalue weighted by molar-refractivity contribution is 5.15. The standard InChI is InChI=1S/C27H42N2O2/c30-22-12-20-28(24-26-14-6-4-7-15-26)18-10-2-1-3-11-19-29(21-13-23-31)25-27-16-8-5-9-17-27/h4-9,14-17,30-31H,1-3,10-13,18-25H2. The van der Waals surface area contributed by atoms with Crippen molar-refractivity contribution >= 4 is 0 Å². The monoisotopic (exact) mass is 426 g/mol. The van der Waals surface area contributed by atoms with Crippen molar-refractivity contribution in [3.05, 3.63) is 71.8 Å². The summed E-state index contributed by atoms with van der Waals surface area (Å²) in [5, 5.41) is 18.4. The number of rotatable bonds is 18. The fraction of sp³-hybridized carbons (Fsp3) is 0.556. The molecule has 2 aromatic rings. The SMILES string of the molecule is OCCCN(CCCCCCCN(CCCO)Cc1ccccc1)Cc1ccccc1. The number of nitrogens with zero attached hydrogens (tertiary/aromatic N) is 2. The zero-order valence-electron chi connectivity index (χ0n) is 19.2. The predicted octanol–water partition coefficient (Wildman–Crippen LogP) is 4.71. The highest BCUT2D eigenvalue weighted by atomic mass is 16.3. The lowest BCUT2D eigenvalue weighted by atomic mass is 10.1. The third-order valence-corrected chi connectivity index (χ3v) is 5.71. The topological polar surface area (TPSA) is 46.9 Å². The van der Waals surface area contributed by atoms with Crippen LogP contribution >= 0.6 is 0 Å². The summed E-state index contributed by atoms with van der Waals surface area (Å²) in [6.45, 7) is 6.61. The maximum Gasteiger partial charge on any atom is 0.0443 e. The fourth-order valence-corrected chi connectivity index (χ4v) is 4.01. The number of aliphatic hydroxyl groups is 2. The van der Waals surface area contributed by atoms with Crippen molar-refractivity contribution in [3.8, 4) is 0 Å². The van der Waals surface area contributed by atoms with E-state index in [1.807, 2.05) is 0 Å². The van der Waals surface area contributed by atoms with Crippen LogP contribution in [0.4, 0.5) is 0 Å². The van der Waals surface area contributed by atoms with Crippen molar-refractivity contribution in [2.75, 3.05) is 39.4 Å². The van der Waals surface area contributed by atoms with Crippen molar-refractivity contribution in [2.45, 2.75) is 58.0 Å². The first-order valence-corrected chi connectivity index (χ1v) is 12.1. The lowest BCUT2D eigenvalue weighted by Crippen LogP contribution is -2.26. The summed E-state index contributed by atoms with van der Waals surface area (Å²) < 4.78 is 0. The summed E-state index contributed by atoms with van der Waals surface area (Å²) in [6.07, 6.45) is 7.93. The van der Waals surface area contributed by atoms with Crippen LogP contribution in [0.5, 0.6) is 0 Å². The van der Waals surface area contributed by atoms with Crippen molar-refractivity contribution in [2.24, 2.45) is 0 Å². The van der Waals surface area contributed by atoms with E-state index in [1.165, 1.54) is 43.2 Å². The Morgan fingerprint density at radius 3 is 1.19 bits per heavy atom. The zero-order chi connectivity index (χ0) is 22.0. The molecule has 0 aromatic heterocycles. The zero-order valence-corrected chi connectivity index (χ0v) is 19.2. The lowest BCUT2D eigenvalue weighted by molar-refractivity contribution is 0.212. The van der Waals surface area contributed by atoms with E-state index in [0.717, 1.165) is 52.1 Å². The minimum atomic E-state index is 0.265. The molecule has 2 N–H and O–H groups in total. The molecule has 31 heavy (non-hydrogen) atoms. The van der Waals surface area contributed by atoms with Crippen LogP contribution in [0.15, 0.2) is 60.7 Å². The Bertz CT molecular complexity index is 593. The van der Waals surface area contributed by atoms with Gasteiger partial charge in [0, 0.05) is 39.4 Å². The Balaban J connectivity index is 1.62. The van der Waals surface area contributed by atoms with Crippen LogP contribution in [0.3, 0.4) is 0 Å². The first-order chi connectivity index (χ1) is 15.3. The largest absolute Gasteiger partial charge is 0.396 e. The van der Waals surface area contributed by atoms with Crippen LogP contribution in [-0.4, -0.2) is 59.4 Å². The molecule has 0 fully saturated rings. The van der Waals surface area contributed by atoms with Gasteiger partial charge in [-0.3, -0.25) is 9.80 Å². The Morgan fingerprint density at radius 2 is 0.806 bits per heavy atom. The van der Waals surface area contributed by atoms with E-state index in [1.54, 1.807) is 0 Å². The van der Waals surface area contributed by atoms with Gasteiger partial charge < -0.3 is 10.2 Å². The van der Waals surface area contributed by atoms with Crippen molar-refractivity contribution < 1.29 is 10.2 Å². The molecule has 0 atom stereocenters. The number of unbranched alkanes of at least 4 members (excludes halogenated alkanes) is 4. The van der Waals surface area contributed by atoms with Gasteiger partial charge in [-0.1, -0.05) is 79.9 Å². The number of hydrogen-bond acceptors (Lipinski definition) is 4. The molecule has 4 heteroatoms. The minimum Gasteiger partial charge on any atom is -0.396 e. The van der Waals surface area contributed by atoms with Crippen LogP contribution in [-0.2, 0) is 13.1 Å². The first kappa shape index (κ1) is 25.5. The van der Waals surface area contributed by atoms with E-state index in [0.29, 0.717) is 0 Å². The average molecular weight is 427 g/mol.